The number of likely N-dealkylation sites (tertiary alicyclic amines) is 1. The fourth-order valence-corrected chi connectivity index (χ4v) is 3.62. The van der Waals surface area contributed by atoms with Crippen LogP contribution in [0.3, 0.4) is 0 Å². The first-order chi connectivity index (χ1) is 12.2. The highest BCUT2D eigenvalue weighted by Gasteiger charge is 2.24. The SMILES string of the molecule is Cc1nn(C)cc1CN1CCC(Cn2cc(COCC3CC3)nn2)C1. The topological polar surface area (TPSA) is 61.0 Å². The summed E-state index contributed by atoms with van der Waals surface area (Å²) in [6, 6.07) is 0. The van der Waals surface area contributed by atoms with Crippen molar-refractivity contribution < 1.29 is 4.74 Å². The number of hydrogen-bond donors (Lipinski definition) is 0. The third-order valence-electron chi connectivity index (χ3n) is 5.21. The molecule has 0 N–H and O–H groups in total. The average molecular weight is 344 g/mol. The molecule has 1 saturated carbocycles. The average Bonchev–Trinajstić information content (AvgIpc) is 2.96. The predicted molar refractivity (Wildman–Crippen MR) is 93.7 cm³/mol. The van der Waals surface area contributed by atoms with Crippen LogP contribution in [0.5, 0.6) is 0 Å². The fourth-order valence-electron chi connectivity index (χ4n) is 3.62. The maximum atomic E-state index is 5.69. The first-order valence-corrected chi connectivity index (χ1v) is 9.34. The molecule has 1 aliphatic carbocycles. The lowest BCUT2D eigenvalue weighted by Gasteiger charge is -2.15. The van der Waals surface area contributed by atoms with E-state index in [-0.39, 0.29) is 0 Å². The normalized spacial score (nSPS) is 21.3. The van der Waals surface area contributed by atoms with Gasteiger partial charge in [-0.05, 0) is 44.6 Å². The molecule has 2 aromatic rings. The largest absolute Gasteiger partial charge is 0.375 e. The summed E-state index contributed by atoms with van der Waals surface area (Å²) in [7, 11) is 1.99. The standard InChI is InChI=1S/C18H28N6O/c1-14-17(9-22(2)20-14)10-23-6-5-16(7-23)8-24-11-18(19-21-24)13-25-12-15-3-4-15/h9,11,15-16H,3-8,10,12-13H2,1-2H3. The molecular weight excluding hydrogens is 316 g/mol. The van der Waals surface area contributed by atoms with E-state index in [0.29, 0.717) is 12.5 Å². The molecule has 2 aromatic heterocycles. The molecule has 0 amide bonds. The minimum Gasteiger partial charge on any atom is -0.375 e. The van der Waals surface area contributed by atoms with Crippen LogP contribution in [-0.2, 0) is 31.5 Å². The summed E-state index contributed by atoms with van der Waals surface area (Å²) in [4.78, 5) is 2.52. The van der Waals surface area contributed by atoms with E-state index in [2.05, 4.69) is 33.4 Å². The Morgan fingerprint density at radius 1 is 1.20 bits per heavy atom. The first kappa shape index (κ1) is 16.7. The van der Waals surface area contributed by atoms with Crippen molar-refractivity contribution in [2.45, 2.75) is 45.9 Å². The third kappa shape index (κ3) is 4.46. The fraction of sp³-hybridized carbons (Fsp3) is 0.722. The Balaban J connectivity index is 1.23. The Hall–Kier alpha value is -1.73. The van der Waals surface area contributed by atoms with Crippen LogP contribution in [0.25, 0.3) is 0 Å². The lowest BCUT2D eigenvalue weighted by atomic mass is 10.1. The van der Waals surface area contributed by atoms with Gasteiger partial charge < -0.3 is 4.74 Å². The summed E-state index contributed by atoms with van der Waals surface area (Å²) < 4.78 is 9.58. The van der Waals surface area contributed by atoms with Gasteiger partial charge in [-0.15, -0.1) is 5.10 Å². The van der Waals surface area contributed by atoms with E-state index in [0.717, 1.165) is 50.1 Å². The summed E-state index contributed by atoms with van der Waals surface area (Å²) in [6.07, 6.45) is 8.04. The summed E-state index contributed by atoms with van der Waals surface area (Å²) in [6.45, 7) is 7.75. The third-order valence-corrected chi connectivity index (χ3v) is 5.21. The summed E-state index contributed by atoms with van der Waals surface area (Å²) in [5.74, 6) is 1.43. The molecule has 7 nitrogen and oxygen atoms in total. The second-order valence-corrected chi connectivity index (χ2v) is 7.69. The van der Waals surface area contributed by atoms with Crippen molar-refractivity contribution in [2.24, 2.45) is 18.9 Å². The molecule has 2 fully saturated rings. The Morgan fingerprint density at radius 2 is 2.08 bits per heavy atom. The quantitative estimate of drug-likeness (QED) is 0.730. The molecule has 4 rings (SSSR count). The van der Waals surface area contributed by atoms with Gasteiger partial charge in [-0.1, -0.05) is 5.21 Å². The Labute approximate surface area is 148 Å². The van der Waals surface area contributed by atoms with Gasteiger partial charge in [-0.2, -0.15) is 5.10 Å². The van der Waals surface area contributed by atoms with Gasteiger partial charge in [0.1, 0.15) is 5.69 Å². The van der Waals surface area contributed by atoms with E-state index >= 15 is 0 Å². The van der Waals surface area contributed by atoms with Crippen molar-refractivity contribution in [1.29, 1.82) is 0 Å². The predicted octanol–water partition coefficient (Wildman–Crippen LogP) is 1.77. The zero-order valence-electron chi connectivity index (χ0n) is 15.3. The summed E-state index contributed by atoms with van der Waals surface area (Å²) in [5, 5.41) is 13.0. The van der Waals surface area contributed by atoms with Gasteiger partial charge in [0.05, 0.1) is 18.5 Å². The highest BCUT2D eigenvalue weighted by molar-refractivity contribution is 5.15. The second kappa shape index (κ2) is 7.25. The highest BCUT2D eigenvalue weighted by Crippen LogP contribution is 2.29. The van der Waals surface area contributed by atoms with Crippen LogP contribution in [-0.4, -0.2) is 49.4 Å². The van der Waals surface area contributed by atoms with Gasteiger partial charge in [-0.25, -0.2) is 0 Å². The maximum absolute atomic E-state index is 5.69. The number of aromatic nitrogens is 5. The molecule has 25 heavy (non-hydrogen) atoms. The van der Waals surface area contributed by atoms with Gasteiger partial charge >= 0.3 is 0 Å². The second-order valence-electron chi connectivity index (χ2n) is 7.69. The van der Waals surface area contributed by atoms with Crippen LogP contribution in [0.15, 0.2) is 12.4 Å². The molecule has 7 heteroatoms. The summed E-state index contributed by atoms with van der Waals surface area (Å²) in [5.41, 5.74) is 3.42. The molecule has 1 aliphatic heterocycles. The van der Waals surface area contributed by atoms with E-state index in [4.69, 9.17) is 4.74 Å². The van der Waals surface area contributed by atoms with E-state index in [1.165, 1.54) is 24.8 Å². The van der Waals surface area contributed by atoms with Gasteiger partial charge in [-0.3, -0.25) is 14.3 Å². The van der Waals surface area contributed by atoms with Crippen LogP contribution >= 0.6 is 0 Å². The van der Waals surface area contributed by atoms with Crippen LogP contribution in [0, 0.1) is 18.8 Å². The monoisotopic (exact) mass is 344 g/mol. The van der Waals surface area contributed by atoms with Crippen LogP contribution in [0.2, 0.25) is 0 Å². The zero-order valence-corrected chi connectivity index (χ0v) is 15.3. The smallest absolute Gasteiger partial charge is 0.108 e. The van der Waals surface area contributed by atoms with E-state index in [1.807, 2.05) is 22.6 Å². The molecule has 1 saturated heterocycles. The molecule has 0 aromatic carbocycles. The molecule has 1 unspecified atom stereocenters. The maximum Gasteiger partial charge on any atom is 0.108 e. The Morgan fingerprint density at radius 3 is 2.84 bits per heavy atom. The van der Waals surface area contributed by atoms with Gasteiger partial charge in [0.2, 0.25) is 0 Å². The molecule has 136 valence electrons. The molecule has 0 spiro atoms. The van der Waals surface area contributed by atoms with Crippen molar-refractivity contribution >= 4 is 0 Å². The number of ether oxygens (including phenoxy) is 1. The molecule has 1 atom stereocenters. The van der Waals surface area contributed by atoms with Gasteiger partial charge in [0.25, 0.3) is 0 Å². The van der Waals surface area contributed by atoms with E-state index in [1.54, 1.807) is 0 Å². The Kier molecular flexibility index (Phi) is 4.85. The van der Waals surface area contributed by atoms with Crippen LogP contribution in [0.4, 0.5) is 0 Å². The van der Waals surface area contributed by atoms with Crippen molar-refractivity contribution in [3.05, 3.63) is 29.3 Å². The zero-order chi connectivity index (χ0) is 17.2. The minimum absolute atomic E-state index is 0.591. The first-order valence-electron chi connectivity index (χ1n) is 9.34. The highest BCUT2D eigenvalue weighted by atomic mass is 16.5. The van der Waals surface area contributed by atoms with Gasteiger partial charge in [0.15, 0.2) is 0 Å². The van der Waals surface area contributed by atoms with Crippen LogP contribution in [0.1, 0.15) is 36.2 Å². The number of rotatable bonds is 8. The lowest BCUT2D eigenvalue weighted by Crippen LogP contribution is -2.21. The molecular formula is C18H28N6O. The van der Waals surface area contributed by atoms with Crippen molar-refractivity contribution in [3.8, 4) is 0 Å². The van der Waals surface area contributed by atoms with E-state index < -0.39 is 0 Å². The van der Waals surface area contributed by atoms with Crippen molar-refractivity contribution in [2.75, 3.05) is 19.7 Å². The van der Waals surface area contributed by atoms with Crippen molar-refractivity contribution in [3.63, 3.8) is 0 Å². The number of nitrogens with zero attached hydrogens (tertiary/aromatic N) is 6. The molecule has 2 aliphatic rings. The molecule has 3 heterocycles. The lowest BCUT2D eigenvalue weighted by molar-refractivity contribution is 0.108. The number of hydrogen-bond acceptors (Lipinski definition) is 5. The van der Waals surface area contributed by atoms with E-state index in [9.17, 15) is 0 Å². The number of aryl methyl sites for hydroxylation is 2. The van der Waals surface area contributed by atoms with Crippen molar-refractivity contribution in [1.82, 2.24) is 29.7 Å². The molecule has 0 bridgehead atoms. The Bertz CT molecular complexity index is 704. The van der Waals surface area contributed by atoms with Gasteiger partial charge in [0, 0.05) is 45.0 Å². The molecule has 0 radical (unpaired) electrons. The minimum atomic E-state index is 0.591. The van der Waals surface area contributed by atoms with Crippen LogP contribution < -0.4 is 0 Å². The summed E-state index contributed by atoms with van der Waals surface area (Å²) >= 11 is 0.